The first-order valence-electron chi connectivity index (χ1n) is 9.98. The highest BCUT2D eigenvalue weighted by atomic mass is 35.5. The molecule has 31 heavy (non-hydrogen) atoms. The number of hydrogen-bond donors (Lipinski definition) is 0. The minimum absolute atomic E-state index is 0.266. The highest BCUT2D eigenvalue weighted by Crippen LogP contribution is 2.31. The van der Waals surface area contributed by atoms with E-state index in [0.717, 1.165) is 11.1 Å². The fraction of sp³-hybridized carbons (Fsp3) is 0.391. The molecule has 0 aliphatic carbocycles. The van der Waals surface area contributed by atoms with Gasteiger partial charge in [0.2, 0.25) is 0 Å². The van der Waals surface area contributed by atoms with Gasteiger partial charge < -0.3 is 18.9 Å². The smallest absolute Gasteiger partial charge is 0.347 e. The first kappa shape index (κ1) is 24.8. The van der Waals surface area contributed by atoms with Gasteiger partial charge in [-0.05, 0) is 64.1 Å². The lowest BCUT2D eigenvalue weighted by molar-refractivity contribution is -0.151. The van der Waals surface area contributed by atoms with Crippen LogP contribution in [0.5, 0.6) is 11.5 Å². The molecule has 2 aromatic carbocycles. The number of rotatable bonds is 10. The molecule has 0 heterocycles. The summed E-state index contributed by atoms with van der Waals surface area (Å²) in [5.41, 5.74) is 1.44. The summed E-state index contributed by atoms with van der Waals surface area (Å²) in [6.07, 6.45) is -1.24. The molecule has 0 N–H and O–H groups in total. The van der Waals surface area contributed by atoms with Crippen LogP contribution in [-0.2, 0) is 25.5 Å². The molecule has 2 rings (SSSR count). The highest BCUT2D eigenvalue weighted by molar-refractivity contribution is 6.31. The van der Waals surface area contributed by atoms with Crippen LogP contribution < -0.4 is 9.47 Å². The average molecular weight is 469 g/mol. The predicted molar refractivity (Wildman–Crippen MR) is 119 cm³/mol. The van der Waals surface area contributed by atoms with E-state index in [-0.39, 0.29) is 13.2 Å². The monoisotopic (exact) mass is 468 g/mol. The zero-order valence-electron chi connectivity index (χ0n) is 17.9. The molecule has 0 amide bonds. The lowest BCUT2D eigenvalue weighted by Gasteiger charge is -2.19. The third-order valence-corrected chi connectivity index (χ3v) is 4.74. The second-order valence-electron chi connectivity index (χ2n) is 6.71. The molecular weight excluding hydrogens is 443 g/mol. The summed E-state index contributed by atoms with van der Waals surface area (Å²) in [5.74, 6) is 0.0421. The fourth-order valence-corrected chi connectivity index (χ4v) is 3.19. The second-order valence-corrected chi connectivity index (χ2v) is 7.58. The normalized spacial score (nSPS) is 12.6. The topological polar surface area (TPSA) is 71.1 Å². The Morgan fingerprint density at radius 2 is 1.16 bits per heavy atom. The molecule has 168 valence electrons. The maximum absolute atomic E-state index is 12.0. The van der Waals surface area contributed by atoms with E-state index in [4.69, 9.17) is 42.1 Å². The van der Waals surface area contributed by atoms with E-state index in [0.29, 0.717) is 28.0 Å². The number of benzene rings is 2. The van der Waals surface area contributed by atoms with E-state index in [9.17, 15) is 9.59 Å². The van der Waals surface area contributed by atoms with Gasteiger partial charge in [0.05, 0.1) is 13.2 Å². The number of ether oxygens (including phenoxy) is 4. The summed E-state index contributed by atoms with van der Waals surface area (Å²) in [6.45, 7) is 7.23. The zero-order chi connectivity index (χ0) is 23.0. The van der Waals surface area contributed by atoms with Crippen molar-refractivity contribution in [1.29, 1.82) is 0 Å². The van der Waals surface area contributed by atoms with Crippen LogP contribution in [0.15, 0.2) is 36.4 Å². The molecule has 0 saturated carbocycles. The first-order valence-corrected chi connectivity index (χ1v) is 10.7. The molecule has 2 unspecified atom stereocenters. The largest absolute Gasteiger partial charge is 0.479 e. The van der Waals surface area contributed by atoms with Crippen molar-refractivity contribution >= 4 is 35.1 Å². The third-order valence-electron chi connectivity index (χ3n) is 4.27. The van der Waals surface area contributed by atoms with Crippen molar-refractivity contribution in [3.63, 3.8) is 0 Å². The van der Waals surface area contributed by atoms with Crippen molar-refractivity contribution in [2.45, 2.75) is 46.3 Å². The van der Waals surface area contributed by atoms with Gasteiger partial charge in [0.15, 0.2) is 12.2 Å². The zero-order valence-corrected chi connectivity index (χ0v) is 19.5. The van der Waals surface area contributed by atoms with E-state index in [1.807, 2.05) is 0 Å². The second kappa shape index (κ2) is 11.8. The Morgan fingerprint density at radius 1 is 0.774 bits per heavy atom. The molecule has 0 spiro atoms. The van der Waals surface area contributed by atoms with E-state index in [2.05, 4.69) is 0 Å². The Kier molecular flexibility index (Phi) is 9.46. The number of esters is 2. The molecule has 0 aromatic heterocycles. The number of carbonyl (C=O) groups is 2. The Morgan fingerprint density at radius 3 is 1.52 bits per heavy atom. The number of carbonyl (C=O) groups excluding carboxylic acids is 2. The van der Waals surface area contributed by atoms with Gasteiger partial charge in [-0.2, -0.15) is 0 Å². The first-order chi connectivity index (χ1) is 14.7. The quantitative estimate of drug-likeness (QED) is 0.443. The standard InChI is InChI=1S/C23H26Cl2O6/c1-5-28-22(26)14(3)30-20-9-7-18(24)12-16(20)11-17-13-19(25)8-10-21(17)31-15(4)23(27)29-6-2/h7-10,12-15H,5-6,11H2,1-4H3. The minimum Gasteiger partial charge on any atom is -0.479 e. The van der Waals surface area contributed by atoms with E-state index >= 15 is 0 Å². The van der Waals surface area contributed by atoms with Crippen molar-refractivity contribution < 1.29 is 28.5 Å². The SMILES string of the molecule is CCOC(=O)C(C)Oc1ccc(Cl)cc1Cc1cc(Cl)ccc1OC(C)C(=O)OCC. The van der Waals surface area contributed by atoms with Gasteiger partial charge in [0.25, 0.3) is 0 Å². The van der Waals surface area contributed by atoms with Gasteiger partial charge in [-0.25, -0.2) is 9.59 Å². The van der Waals surface area contributed by atoms with Crippen LogP contribution in [-0.4, -0.2) is 37.4 Å². The van der Waals surface area contributed by atoms with Crippen LogP contribution in [0.3, 0.4) is 0 Å². The number of hydrogen-bond acceptors (Lipinski definition) is 6. The lowest BCUT2D eigenvalue weighted by atomic mass is 10.0. The van der Waals surface area contributed by atoms with Gasteiger partial charge in [0.1, 0.15) is 11.5 Å². The summed E-state index contributed by atoms with van der Waals surface area (Å²) >= 11 is 12.4. The molecule has 2 aromatic rings. The summed E-state index contributed by atoms with van der Waals surface area (Å²) in [7, 11) is 0. The summed E-state index contributed by atoms with van der Waals surface area (Å²) in [4.78, 5) is 23.9. The molecule has 0 fully saturated rings. The van der Waals surface area contributed by atoms with Gasteiger partial charge in [0, 0.05) is 27.6 Å². The highest BCUT2D eigenvalue weighted by Gasteiger charge is 2.20. The molecule has 2 atom stereocenters. The Labute approximate surface area is 192 Å². The van der Waals surface area contributed by atoms with Crippen LogP contribution in [0, 0.1) is 0 Å². The maximum atomic E-state index is 12.0. The van der Waals surface area contributed by atoms with Gasteiger partial charge >= 0.3 is 11.9 Å². The molecule has 0 aliphatic heterocycles. The predicted octanol–water partition coefficient (Wildman–Crippen LogP) is 5.25. The molecule has 6 nitrogen and oxygen atoms in total. The summed E-state index contributed by atoms with van der Waals surface area (Å²) in [5, 5.41) is 1.02. The van der Waals surface area contributed by atoms with Crippen molar-refractivity contribution in [2.24, 2.45) is 0 Å². The molecule has 0 radical (unpaired) electrons. The van der Waals surface area contributed by atoms with Crippen LogP contribution >= 0.6 is 23.2 Å². The molecule has 0 saturated heterocycles. The average Bonchev–Trinajstić information content (AvgIpc) is 2.72. The fourth-order valence-electron chi connectivity index (χ4n) is 2.80. The van der Waals surface area contributed by atoms with Crippen LogP contribution in [0.25, 0.3) is 0 Å². The number of halogens is 2. The summed E-state index contributed by atoms with van der Waals surface area (Å²) < 4.78 is 21.7. The van der Waals surface area contributed by atoms with E-state index in [1.54, 1.807) is 64.1 Å². The van der Waals surface area contributed by atoms with Crippen molar-refractivity contribution in [3.8, 4) is 11.5 Å². The third kappa shape index (κ3) is 7.33. The Bertz CT molecular complexity index is 841. The Balaban J connectivity index is 2.31. The summed E-state index contributed by atoms with van der Waals surface area (Å²) in [6, 6.07) is 10.2. The van der Waals surface area contributed by atoms with Gasteiger partial charge in [-0.15, -0.1) is 0 Å². The van der Waals surface area contributed by atoms with Crippen molar-refractivity contribution in [2.75, 3.05) is 13.2 Å². The van der Waals surface area contributed by atoms with Gasteiger partial charge in [-0.3, -0.25) is 0 Å². The molecule has 8 heteroatoms. The minimum atomic E-state index is -0.793. The molecular formula is C23H26Cl2O6. The van der Waals surface area contributed by atoms with Crippen LogP contribution in [0.1, 0.15) is 38.8 Å². The lowest BCUT2D eigenvalue weighted by Crippen LogP contribution is -2.27. The maximum Gasteiger partial charge on any atom is 0.347 e. The van der Waals surface area contributed by atoms with Crippen molar-refractivity contribution in [3.05, 3.63) is 57.6 Å². The van der Waals surface area contributed by atoms with Gasteiger partial charge in [-0.1, -0.05) is 23.2 Å². The van der Waals surface area contributed by atoms with Crippen molar-refractivity contribution in [1.82, 2.24) is 0 Å². The molecule has 0 aliphatic rings. The van der Waals surface area contributed by atoms with E-state index in [1.165, 1.54) is 0 Å². The van der Waals surface area contributed by atoms with Crippen LogP contribution in [0.2, 0.25) is 10.0 Å². The van der Waals surface area contributed by atoms with E-state index < -0.39 is 24.1 Å². The Hall–Kier alpha value is -2.44. The molecule has 0 bridgehead atoms. The van der Waals surface area contributed by atoms with Crippen LogP contribution in [0.4, 0.5) is 0 Å².